The number of halogens is 2. The Hall–Kier alpha value is -0.220. The summed E-state index contributed by atoms with van der Waals surface area (Å²) in [6.07, 6.45) is -2.31. The molecular weight excluding hydrogens is 164 g/mol. The Morgan fingerprint density at radius 3 is 2.33 bits per heavy atom. The molecule has 1 N–H and O–H groups in total. The van der Waals surface area contributed by atoms with E-state index in [2.05, 4.69) is 5.32 Å². The fourth-order valence-electron chi connectivity index (χ4n) is 0.784. The monoisotopic (exact) mass is 181 g/mol. The summed E-state index contributed by atoms with van der Waals surface area (Å²) >= 11 is 0. The Bertz CT molecular complexity index is 111. The molecular formula is C8H17F2NO. The van der Waals surface area contributed by atoms with Crippen LogP contribution in [0.2, 0.25) is 0 Å². The van der Waals surface area contributed by atoms with E-state index in [1.807, 2.05) is 13.8 Å². The Morgan fingerprint density at radius 1 is 1.33 bits per heavy atom. The van der Waals surface area contributed by atoms with E-state index in [1.165, 1.54) is 6.92 Å². The molecule has 2 atom stereocenters. The summed E-state index contributed by atoms with van der Waals surface area (Å²) in [5.74, 6) is 0. The van der Waals surface area contributed by atoms with Gasteiger partial charge in [0.15, 0.2) is 0 Å². The van der Waals surface area contributed by atoms with E-state index in [0.29, 0.717) is 13.2 Å². The number of nitrogens with one attached hydrogen (secondary N) is 1. The summed E-state index contributed by atoms with van der Waals surface area (Å²) in [6.45, 7) is 6.29. The molecule has 0 saturated carbocycles. The van der Waals surface area contributed by atoms with E-state index in [1.54, 1.807) is 0 Å². The van der Waals surface area contributed by atoms with Gasteiger partial charge in [-0.25, -0.2) is 8.78 Å². The van der Waals surface area contributed by atoms with Gasteiger partial charge in [-0.05, 0) is 20.8 Å². The average molecular weight is 181 g/mol. The van der Waals surface area contributed by atoms with Crippen LogP contribution in [-0.2, 0) is 4.74 Å². The van der Waals surface area contributed by atoms with Gasteiger partial charge in [0.2, 0.25) is 0 Å². The second kappa shape index (κ2) is 6.31. The third-order valence-electron chi connectivity index (χ3n) is 1.56. The van der Waals surface area contributed by atoms with Gasteiger partial charge < -0.3 is 10.1 Å². The van der Waals surface area contributed by atoms with Crippen LogP contribution in [0.1, 0.15) is 20.8 Å². The summed E-state index contributed by atoms with van der Waals surface area (Å²) < 4.78 is 29.1. The van der Waals surface area contributed by atoms with Crippen molar-refractivity contribution in [3.63, 3.8) is 0 Å². The predicted molar refractivity (Wildman–Crippen MR) is 44.6 cm³/mol. The van der Waals surface area contributed by atoms with E-state index in [-0.39, 0.29) is 6.10 Å². The highest BCUT2D eigenvalue weighted by Crippen LogP contribution is 1.99. The fraction of sp³-hybridized carbons (Fsp3) is 1.00. The number of ether oxygens (including phenoxy) is 1. The second-order valence-corrected chi connectivity index (χ2v) is 2.80. The molecule has 0 bridgehead atoms. The molecule has 0 aromatic rings. The van der Waals surface area contributed by atoms with Crippen LogP contribution >= 0.6 is 0 Å². The van der Waals surface area contributed by atoms with Crippen LogP contribution in [0.3, 0.4) is 0 Å². The second-order valence-electron chi connectivity index (χ2n) is 2.80. The first-order valence-electron chi connectivity index (χ1n) is 4.21. The average Bonchev–Trinajstić information content (AvgIpc) is 2.00. The van der Waals surface area contributed by atoms with Crippen molar-refractivity contribution in [3.8, 4) is 0 Å². The number of rotatable bonds is 6. The van der Waals surface area contributed by atoms with Crippen molar-refractivity contribution >= 4 is 0 Å². The normalized spacial score (nSPS) is 16.5. The van der Waals surface area contributed by atoms with Gasteiger partial charge in [0.1, 0.15) is 0 Å². The van der Waals surface area contributed by atoms with Crippen LogP contribution in [0, 0.1) is 0 Å². The Labute approximate surface area is 72.3 Å². The van der Waals surface area contributed by atoms with E-state index >= 15 is 0 Å². The third kappa shape index (κ3) is 5.43. The maximum atomic E-state index is 12.0. The zero-order valence-electron chi connectivity index (χ0n) is 7.81. The Morgan fingerprint density at radius 2 is 1.92 bits per heavy atom. The minimum atomic E-state index is -2.31. The summed E-state index contributed by atoms with van der Waals surface area (Å²) in [4.78, 5) is 0. The van der Waals surface area contributed by atoms with E-state index in [9.17, 15) is 8.78 Å². The molecule has 0 aromatic heterocycles. The number of hydrogen-bond acceptors (Lipinski definition) is 2. The van der Waals surface area contributed by atoms with Crippen molar-refractivity contribution in [1.29, 1.82) is 0 Å². The van der Waals surface area contributed by atoms with E-state index < -0.39 is 12.5 Å². The Kier molecular flexibility index (Phi) is 6.20. The maximum Gasteiger partial charge on any atom is 0.253 e. The summed E-state index contributed by atoms with van der Waals surface area (Å²) in [5, 5.41) is 2.69. The van der Waals surface area contributed by atoms with Crippen LogP contribution in [0.4, 0.5) is 8.78 Å². The molecule has 0 aliphatic rings. The first kappa shape index (κ1) is 11.8. The lowest BCUT2D eigenvalue weighted by Crippen LogP contribution is -2.37. The Balaban J connectivity index is 3.40. The van der Waals surface area contributed by atoms with Crippen LogP contribution in [0.15, 0.2) is 0 Å². The fourth-order valence-corrected chi connectivity index (χ4v) is 0.784. The molecule has 0 saturated heterocycles. The van der Waals surface area contributed by atoms with Gasteiger partial charge in [0, 0.05) is 13.2 Å². The molecule has 0 aliphatic carbocycles. The molecule has 2 unspecified atom stereocenters. The largest absolute Gasteiger partial charge is 0.377 e. The van der Waals surface area contributed by atoms with Gasteiger partial charge in [-0.15, -0.1) is 0 Å². The molecule has 4 heteroatoms. The van der Waals surface area contributed by atoms with Gasteiger partial charge in [-0.3, -0.25) is 0 Å². The van der Waals surface area contributed by atoms with Gasteiger partial charge >= 0.3 is 0 Å². The topological polar surface area (TPSA) is 21.3 Å². The molecule has 12 heavy (non-hydrogen) atoms. The lowest BCUT2D eigenvalue weighted by Gasteiger charge is -2.16. The first-order valence-corrected chi connectivity index (χ1v) is 4.21. The maximum absolute atomic E-state index is 12.0. The smallest absolute Gasteiger partial charge is 0.253 e. The third-order valence-corrected chi connectivity index (χ3v) is 1.56. The molecule has 0 radical (unpaired) electrons. The standard InChI is InChI=1S/C8H17F2NO/c1-4-12-6(2)5-11-7(3)8(9)10/h6-8,11H,4-5H2,1-3H3. The molecule has 2 nitrogen and oxygen atoms in total. The van der Waals surface area contributed by atoms with Crippen molar-refractivity contribution < 1.29 is 13.5 Å². The molecule has 74 valence electrons. The van der Waals surface area contributed by atoms with E-state index in [4.69, 9.17) is 4.74 Å². The highest BCUT2D eigenvalue weighted by Gasteiger charge is 2.14. The molecule has 0 fully saturated rings. The summed E-state index contributed by atoms with van der Waals surface area (Å²) in [5.41, 5.74) is 0. The zero-order valence-corrected chi connectivity index (χ0v) is 7.81. The van der Waals surface area contributed by atoms with Gasteiger partial charge in [0.05, 0.1) is 12.1 Å². The zero-order chi connectivity index (χ0) is 9.56. The van der Waals surface area contributed by atoms with Crippen molar-refractivity contribution in [3.05, 3.63) is 0 Å². The SMILES string of the molecule is CCOC(C)CNC(C)C(F)F. The van der Waals surface area contributed by atoms with Crippen molar-refractivity contribution in [2.75, 3.05) is 13.2 Å². The molecule has 0 aromatic carbocycles. The highest BCUT2D eigenvalue weighted by molar-refractivity contribution is 4.65. The number of alkyl halides is 2. The predicted octanol–water partition coefficient (Wildman–Crippen LogP) is 1.65. The molecule has 0 heterocycles. The van der Waals surface area contributed by atoms with Crippen LogP contribution in [0.5, 0.6) is 0 Å². The van der Waals surface area contributed by atoms with Crippen LogP contribution in [0.25, 0.3) is 0 Å². The molecule has 0 rings (SSSR count). The van der Waals surface area contributed by atoms with Crippen molar-refractivity contribution in [2.45, 2.75) is 39.3 Å². The quantitative estimate of drug-likeness (QED) is 0.672. The van der Waals surface area contributed by atoms with Crippen molar-refractivity contribution in [2.24, 2.45) is 0 Å². The van der Waals surface area contributed by atoms with Crippen LogP contribution < -0.4 is 5.32 Å². The summed E-state index contributed by atoms with van der Waals surface area (Å²) in [7, 11) is 0. The number of hydrogen-bond donors (Lipinski definition) is 1. The lowest BCUT2D eigenvalue weighted by molar-refractivity contribution is 0.0594. The first-order chi connectivity index (χ1) is 5.57. The summed E-state index contributed by atoms with van der Waals surface area (Å²) in [6, 6.07) is -0.757. The van der Waals surface area contributed by atoms with E-state index in [0.717, 1.165) is 0 Å². The molecule has 0 spiro atoms. The van der Waals surface area contributed by atoms with Gasteiger partial charge in [0.25, 0.3) is 6.43 Å². The van der Waals surface area contributed by atoms with Crippen molar-refractivity contribution in [1.82, 2.24) is 5.32 Å². The minimum Gasteiger partial charge on any atom is -0.377 e. The minimum absolute atomic E-state index is 0.00352. The highest BCUT2D eigenvalue weighted by atomic mass is 19.3. The molecule has 0 aliphatic heterocycles. The van der Waals surface area contributed by atoms with Gasteiger partial charge in [-0.1, -0.05) is 0 Å². The van der Waals surface area contributed by atoms with Gasteiger partial charge in [-0.2, -0.15) is 0 Å². The molecule has 0 amide bonds. The lowest BCUT2D eigenvalue weighted by atomic mass is 10.3. The van der Waals surface area contributed by atoms with Crippen LogP contribution in [-0.4, -0.2) is 31.7 Å².